The Bertz CT molecular complexity index is 747. The van der Waals surface area contributed by atoms with E-state index in [1.54, 1.807) is 35.2 Å². The number of rotatable bonds is 6. The Morgan fingerprint density at radius 1 is 1.20 bits per heavy atom. The van der Waals surface area contributed by atoms with Crippen LogP contribution in [0.1, 0.15) is 17.7 Å². The van der Waals surface area contributed by atoms with Gasteiger partial charge in [0, 0.05) is 25.2 Å². The first-order valence-electron chi connectivity index (χ1n) is 8.05. The number of hydrogen-bond acceptors (Lipinski definition) is 4. The molecule has 1 amide bonds. The van der Waals surface area contributed by atoms with Gasteiger partial charge in [-0.15, -0.1) is 0 Å². The lowest BCUT2D eigenvalue weighted by Crippen LogP contribution is -2.56. The van der Waals surface area contributed by atoms with E-state index in [-0.39, 0.29) is 24.7 Å². The summed E-state index contributed by atoms with van der Waals surface area (Å²) in [5.74, 6) is -1.05. The van der Waals surface area contributed by atoms with E-state index in [0.29, 0.717) is 31.0 Å². The van der Waals surface area contributed by atoms with Gasteiger partial charge in [0.15, 0.2) is 0 Å². The average Bonchev–Trinajstić information content (AvgIpc) is 3.08. The van der Waals surface area contributed by atoms with Crippen molar-refractivity contribution in [2.24, 2.45) is 0 Å². The van der Waals surface area contributed by atoms with Gasteiger partial charge in [0.25, 0.3) is 0 Å². The Morgan fingerprint density at radius 3 is 2.68 bits per heavy atom. The van der Waals surface area contributed by atoms with Crippen molar-refractivity contribution < 1.29 is 23.5 Å². The second-order valence-corrected chi connectivity index (χ2v) is 6.01. The fraction of sp³-hybridized carbons (Fsp3) is 0.333. The first-order chi connectivity index (χ1) is 12.0. The van der Waals surface area contributed by atoms with Crippen LogP contribution in [-0.2, 0) is 22.7 Å². The Labute approximate surface area is 144 Å². The van der Waals surface area contributed by atoms with Crippen LogP contribution in [0.3, 0.4) is 0 Å². The fourth-order valence-electron chi connectivity index (χ4n) is 3.05. The molecule has 0 spiro atoms. The summed E-state index contributed by atoms with van der Waals surface area (Å²) in [6, 6.07) is 9.03. The summed E-state index contributed by atoms with van der Waals surface area (Å²) in [4.78, 5) is 27.3. The fourth-order valence-corrected chi connectivity index (χ4v) is 3.05. The molecule has 1 fully saturated rings. The number of amides is 1. The lowest BCUT2D eigenvalue weighted by Gasteiger charge is -2.39. The quantitative estimate of drug-likeness (QED) is 0.867. The summed E-state index contributed by atoms with van der Waals surface area (Å²) >= 11 is 0. The van der Waals surface area contributed by atoms with Gasteiger partial charge < -0.3 is 14.4 Å². The number of nitrogens with zero attached hydrogens (tertiary/aromatic N) is 2. The van der Waals surface area contributed by atoms with Crippen molar-refractivity contribution in [1.82, 2.24) is 9.80 Å². The highest BCUT2D eigenvalue weighted by atomic mass is 19.1. The van der Waals surface area contributed by atoms with Crippen LogP contribution in [0.25, 0.3) is 0 Å². The lowest BCUT2D eigenvalue weighted by molar-refractivity contribution is -0.150. The van der Waals surface area contributed by atoms with Gasteiger partial charge in [0.2, 0.25) is 5.91 Å². The van der Waals surface area contributed by atoms with Gasteiger partial charge in [0.05, 0.1) is 19.2 Å². The summed E-state index contributed by atoms with van der Waals surface area (Å²) in [7, 11) is 0. The molecule has 1 aromatic heterocycles. The third-order valence-corrected chi connectivity index (χ3v) is 4.32. The number of benzene rings is 1. The second-order valence-electron chi connectivity index (χ2n) is 6.01. The summed E-state index contributed by atoms with van der Waals surface area (Å²) < 4.78 is 19.2. The highest BCUT2D eigenvalue weighted by Crippen LogP contribution is 2.21. The van der Waals surface area contributed by atoms with Crippen molar-refractivity contribution in [3.05, 3.63) is 59.8 Å². The van der Waals surface area contributed by atoms with Crippen LogP contribution >= 0.6 is 0 Å². The molecule has 6 nitrogen and oxygen atoms in total. The lowest BCUT2D eigenvalue weighted by atomic mass is 10.1. The van der Waals surface area contributed by atoms with E-state index in [1.807, 2.05) is 0 Å². The van der Waals surface area contributed by atoms with E-state index < -0.39 is 12.0 Å². The predicted molar refractivity (Wildman–Crippen MR) is 87.0 cm³/mol. The van der Waals surface area contributed by atoms with Crippen LogP contribution in [0.5, 0.6) is 0 Å². The number of hydrogen-bond donors (Lipinski definition) is 1. The number of carboxylic acid groups (broad SMARTS) is 1. The van der Waals surface area contributed by atoms with Gasteiger partial charge in [-0.1, -0.05) is 18.2 Å². The molecule has 1 aliphatic heterocycles. The van der Waals surface area contributed by atoms with E-state index in [4.69, 9.17) is 9.52 Å². The molecule has 1 saturated heterocycles. The van der Waals surface area contributed by atoms with Gasteiger partial charge in [-0.2, -0.15) is 0 Å². The minimum Gasteiger partial charge on any atom is -0.481 e. The zero-order chi connectivity index (χ0) is 17.8. The largest absolute Gasteiger partial charge is 0.481 e. The number of halogens is 1. The van der Waals surface area contributed by atoms with Crippen LogP contribution in [0.2, 0.25) is 0 Å². The number of carboxylic acids is 1. The van der Waals surface area contributed by atoms with Crippen molar-refractivity contribution in [1.29, 1.82) is 0 Å². The molecule has 1 unspecified atom stereocenters. The van der Waals surface area contributed by atoms with Crippen molar-refractivity contribution in [2.75, 3.05) is 13.1 Å². The molecule has 0 radical (unpaired) electrons. The number of furan rings is 1. The van der Waals surface area contributed by atoms with E-state index in [2.05, 4.69) is 0 Å². The molecule has 1 aromatic carbocycles. The topological polar surface area (TPSA) is 74.0 Å². The highest BCUT2D eigenvalue weighted by molar-refractivity contribution is 5.86. The molecular formula is C18H19FN2O4. The third-order valence-electron chi connectivity index (χ3n) is 4.32. The molecule has 25 heavy (non-hydrogen) atoms. The standard InChI is InChI=1S/C18H19FN2O4/c19-15-6-2-1-4-13(15)11-21-8-7-20(12-14-5-3-9-25-14)16(18(21)24)10-17(22)23/h1-6,9,16H,7-8,10-12H2,(H,22,23). The molecule has 0 saturated carbocycles. The van der Waals surface area contributed by atoms with Crippen molar-refractivity contribution in [3.63, 3.8) is 0 Å². The highest BCUT2D eigenvalue weighted by Gasteiger charge is 2.36. The molecule has 1 atom stereocenters. The second kappa shape index (κ2) is 7.48. The Balaban J connectivity index is 1.75. The van der Waals surface area contributed by atoms with E-state index in [0.717, 1.165) is 0 Å². The molecule has 3 rings (SSSR count). The Morgan fingerprint density at radius 2 is 2.00 bits per heavy atom. The number of aliphatic carboxylic acids is 1. The Hall–Kier alpha value is -2.67. The van der Waals surface area contributed by atoms with Crippen LogP contribution < -0.4 is 0 Å². The van der Waals surface area contributed by atoms with Crippen molar-refractivity contribution in [3.8, 4) is 0 Å². The SMILES string of the molecule is O=C(O)CC1C(=O)N(Cc2ccccc2F)CCN1Cc1ccco1. The average molecular weight is 346 g/mol. The van der Waals surface area contributed by atoms with Crippen LogP contribution in [-0.4, -0.2) is 45.9 Å². The molecule has 1 aliphatic rings. The number of carbonyl (C=O) groups excluding carboxylic acids is 1. The van der Waals surface area contributed by atoms with E-state index in [9.17, 15) is 14.0 Å². The molecular weight excluding hydrogens is 327 g/mol. The van der Waals surface area contributed by atoms with Gasteiger partial charge >= 0.3 is 5.97 Å². The minimum atomic E-state index is -1.05. The summed E-state index contributed by atoms with van der Waals surface area (Å²) in [5.41, 5.74) is 0.421. The third kappa shape index (κ3) is 4.06. The van der Waals surface area contributed by atoms with Gasteiger partial charge in [-0.25, -0.2) is 4.39 Å². The maximum Gasteiger partial charge on any atom is 0.305 e. The van der Waals surface area contributed by atoms with Crippen molar-refractivity contribution >= 4 is 11.9 Å². The predicted octanol–water partition coefficient (Wildman–Crippen LogP) is 2.11. The van der Waals surface area contributed by atoms with Crippen molar-refractivity contribution in [2.45, 2.75) is 25.6 Å². The Kier molecular flexibility index (Phi) is 5.14. The van der Waals surface area contributed by atoms with Crippen LogP contribution in [0.4, 0.5) is 4.39 Å². The minimum absolute atomic E-state index is 0.135. The monoisotopic (exact) mass is 346 g/mol. The molecule has 2 heterocycles. The number of piperazine rings is 1. The molecule has 132 valence electrons. The molecule has 2 aromatic rings. The molecule has 0 aliphatic carbocycles. The summed E-state index contributed by atoms with van der Waals surface area (Å²) in [6.07, 6.45) is 1.24. The van der Waals surface area contributed by atoms with Crippen LogP contribution in [0, 0.1) is 5.82 Å². The zero-order valence-corrected chi connectivity index (χ0v) is 13.6. The van der Waals surface area contributed by atoms with E-state index in [1.165, 1.54) is 17.2 Å². The maximum absolute atomic E-state index is 13.9. The first kappa shape index (κ1) is 17.2. The summed E-state index contributed by atoms with van der Waals surface area (Å²) in [5, 5.41) is 9.17. The first-order valence-corrected chi connectivity index (χ1v) is 8.05. The molecule has 0 bridgehead atoms. The van der Waals surface area contributed by atoms with Gasteiger partial charge in [-0.3, -0.25) is 14.5 Å². The zero-order valence-electron chi connectivity index (χ0n) is 13.6. The van der Waals surface area contributed by atoms with E-state index >= 15 is 0 Å². The smallest absolute Gasteiger partial charge is 0.305 e. The number of carbonyl (C=O) groups is 2. The summed E-state index contributed by atoms with van der Waals surface area (Å²) in [6.45, 7) is 1.41. The molecule has 7 heteroatoms. The van der Waals surface area contributed by atoms with Crippen LogP contribution in [0.15, 0.2) is 47.1 Å². The normalized spacial score (nSPS) is 18.5. The molecule has 1 N–H and O–H groups in total. The maximum atomic E-state index is 13.9. The van der Waals surface area contributed by atoms with Gasteiger partial charge in [0.1, 0.15) is 17.6 Å². The van der Waals surface area contributed by atoms with Gasteiger partial charge in [-0.05, 0) is 18.2 Å².